The van der Waals surface area contributed by atoms with Gasteiger partial charge < -0.3 is 10.1 Å². The predicted molar refractivity (Wildman–Crippen MR) is 92.3 cm³/mol. The van der Waals surface area contributed by atoms with Crippen LogP contribution in [0, 0.1) is 0 Å². The molecule has 23 heavy (non-hydrogen) atoms. The first-order valence-corrected chi connectivity index (χ1v) is 8.74. The third kappa shape index (κ3) is 3.22. The lowest BCUT2D eigenvalue weighted by atomic mass is 9.92. The zero-order valence-electron chi connectivity index (χ0n) is 13.1. The van der Waals surface area contributed by atoms with Crippen molar-refractivity contribution in [3.8, 4) is 11.5 Å². The summed E-state index contributed by atoms with van der Waals surface area (Å²) in [4.78, 5) is 4.39. The van der Waals surface area contributed by atoms with Gasteiger partial charge in [-0.1, -0.05) is 11.6 Å². The average molecular weight is 329 g/mol. The van der Waals surface area contributed by atoms with Gasteiger partial charge in [0.05, 0.1) is 6.20 Å². The molecule has 1 saturated carbocycles. The Morgan fingerprint density at radius 3 is 2.78 bits per heavy atom. The van der Waals surface area contributed by atoms with Gasteiger partial charge in [-0.15, -0.1) is 0 Å². The van der Waals surface area contributed by atoms with Crippen LogP contribution in [0.15, 0.2) is 42.7 Å². The number of aromatic nitrogens is 1. The Hall–Kier alpha value is -1.58. The number of benzene rings is 1. The zero-order chi connectivity index (χ0) is 15.7. The number of nitrogens with one attached hydrogen (secondary N) is 1. The summed E-state index contributed by atoms with van der Waals surface area (Å²) in [6.45, 7) is 1.17. The monoisotopic (exact) mass is 328 g/mol. The fourth-order valence-electron chi connectivity index (χ4n) is 4.02. The molecule has 2 fully saturated rings. The minimum atomic E-state index is 0.387. The molecule has 1 spiro atoms. The minimum absolute atomic E-state index is 0.387. The van der Waals surface area contributed by atoms with E-state index in [9.17, 15) is 0 Å². The first-order valence-electron chi connectivity index (χ1n) is 8.36. The van der Waals surface area contributed by atoms with Crippen LogP contribution in [0.1, 0.15) is 43.6 Å². The highest BCUT2D eigenvalue weighted by Gasteiger charge is 2.41. The van der Waals surface area contributed by atoms with Crippen molar-refractivity contribution >= 4 is 11.6 Å². The van der Waals surface area contributed by atoms with Gasteiger partial charge in [-0.05, 0) is 80.5 Å². The van der Waals surface area contributed by atoms with Gasteiger partial charge >= 0.3 is 0 Å². The van der Waals surface area contributed by atoms with Crippen LogP contribution in [-0.4, -0.2) is 17.1 Å². The van der Waals surface area contributed by atoms with Gasteiger partial charge in [-0.3, -0.25) is 4.98 Å². The molecule has 1 N–H and O–H groups in total. The van der Waals surface area contributed by atoms with Gasteiger partial charge in [0, 0.05) is 16.8 Å². The van der Waals surface area contributed by atoms with Crippen molar-refractivity contribution in [2.24, 2.45) is 0 Å². The molecule has 2 aliphatic rings. The van der Waals surface area contributed by atoms with Gasteiger partial charge in [-0.25, -0.2) is 0 Å². The van der Waals surface area contributed by atoms with Crippen LogP contribution in [0.4, 0.5) is 0 Å². The molecule has 3 nitrogen and oxygen atoms in total. The van der Waals surface area contributed by atoms with Crippen molar-refractivity contribution in [2.45, 2.75) is 43.6 Å². The van der Waals surface area contributed by atoms with Crippen molar-refractivity contribution in [1.29, 1.82) is 0 Å². The maximum atomic E-state index is 5.91. The molecule has 0 bridgehead atoms. The topological polar surface area (TPSA) is 34.1 Å². The van der Waals surface area contributed by atoms with Crippen LogP contribution in [0.3, 0.4) is 0 Å². The SMILES string of the molecule is Clc1ccc(Oc2cncc(C3CCC4(CCCN4)C3)c2)cc1. The van der Waals surface area contributed by atoms with E-state index in [0.29, 0.717) is 16.5 Å². The van der Waals surface area contributed by atoms with Gasteiger partial charge in [0.1, 0.15) is 11.5 Å². The van der Waals surface area contributed by atoms with E-state index >= 15 is 0 Å². The molecule has 1 aliphatic carbocycles. The summed E-state index contributed by atoms with van der Waals surface area (Å²) in [5.41, 5.74) is 1.68. The van der Waals surface area contributed by atoms with Crippen molar-refractivity contribution in [2.75, 3.05) is 6.54 Å². The van der Waals surface area contributed by atoms with E-state index in [2.05, 4.69) is 16.4 Å². The highest BCUT2D eigenvalue weighted by atomic mass is 35.5. The Bertz CT molecular complexity index is 680. The smallest absolute Gasteiger partial charge is 0.145 e. The molecular weight excluding hydrogens is 308 g/mol. The number of pyridine rings is 1. The Kier molecular flexibility index (Phi) is 4.00. The van der Waals surface area contributed by atoms with E-state index in [1.165, 1.54) is 44.2 Å². The molecule has 4 heteroatoms. The molecule has 1 saturated heterocycles. The fourth-order valence-corrected chi connectivity index (χ4v) is 4.15. The van der Waals surface area contributed by atoms with Crippen molar-refractivity contribution in [1.82, 2.24) is 10.3 Å². The summed E-state index contributed by atoms with van der Waals surface area (Å²) in [6.07, 6.45) is 10.1. The quantitative estimate of drug-likeness (QED) is 0.868. The van der Waals surface area contributed by atoms with Gasteiger partial charge in [0.25, 0.3) is 0 Å². The Morgan fingerprint density at radius 2 is 2.00 bits per heavy atom. The highest BCUT2D eigenvalue weighted by Crippen LogP contribution is 2.45. The van der Waals surface area contributed by atoms with Crippen molar-refractivity contribution < 1.29 is 4.74 Å². The minimum Gasteiger partial charge on any atom is -0.456 e. The highest BCUT2D eigenvalue weighted by molar-refractivity contribution is 6.30. The van der Waals surface area contributed by atoms with E-state index in [0.717, 1.165) is 11.5 Å². The Labute approximate surface area is 142 Å². The maximum Gasteiger partial charge on any atom is 0.145 e. The molecule has 1 aromatic carbocycles. The fraction of sp³-hybridized carbons (Fsp3) is 0.421. The lowest BCUT2D eigenvalue weighted by Gasteiger charge is -2.23. The largest absolute Gasteiger partial charge is 0.456 e. The second kappa shape index (κ2) is 6.14. The zero-order valence-corrected chi connectivity index (χ0v) is 13.9. The van der Waals surface area contributed by atoms with E-state index in [-0.39, 0.29) is 0 Å². The number of nitrogens with zero attached hydrogens (tertiary/aromatic N) is 1. The van der Waals surface area contributed by atoms with E-state index in [1.807, 2.05) is 30.5 Å². The van der Waals surface area contributed by atoms with Crippen molar-refractivity contribution in [3.05, 3.63) is 53.3 Å². The summed E-state index contributed by atoms with van der Waals surface area (Å²) in [6, 6.07) is 9.56. The third-order valence-electron chi connectivity index (χ3n) is 5.20. The summed E-state index contributed by atoms with van der Waals surface area (Å²) >= 11 is 5.91. The van der Waals surface area contributed by atoms with Gasteiger partial charge in [-0.2, -0.15) is 0 Å². The summed E-state index contributed by atoms with van der Waals surface area (Å²) < 4.78 is 5.91. The van der Waals surface area contributed by atoms with Crippen LogP contribution in [-0.2, 0) is 0 Å². The average Bonchev–Trinajstić information content (AvgIpc) is 3.21. The molecule has 2 atom stereocenters. The standard InChI is InChI=1S/C19H21ClN2O/c20-16-2-4-17(5-3-16)23-18-10-15(12-21-13-18)14-6-8-19(11-14)7-1-9-22-19/h2-5,10,12-14,22H,1,6-9,11H2. The first kappa shape index (κ1) is 15.0. The number of hydrogen-bond acceptors (Lipinski definition) is 3. The number of ether oxygens (including phenoxy) is 1. The molecule has 2 aromatic rings. The summed E-state index contributed by atoms with van der Waals surface area (Å²) in [7, 11) is 0. The molecule has 0 amide bonds. The van der Waals surface area contributed by atoms with Gasteiger partial charge in [0.15, 0.2) is 0 Å². The second-order valence-electron chi connectivity index (χ2n) is 6.76. The first-order chi connectivity index (χ1) is 11.2. The van der Waals surface area contributed by atoms with Crippen molar-refractivity contribution in [3.63, 3.8) is 0 Å². The maximum absolute atomic E-state index is 5.91. The number of halogens is 1. The van der Waals surface area contributed by atoms with Crippen LogP contribution in [0.25, 0.3) is 0 Å². The van der Waals surface area contributed by atoms with Crippen LogP contribution >= 0.6 is 11.6 Å². The molecule has 2 heterocycles. The Balaban J connectivity index is 1.49. The lowest BCUT2D eigenvalue weighted by Crippen LogP contribution is -2.36. The van der Waals surface area contributed by atoms with E-state index < -0.39 is 0 Å². The molecular formula is C19H21ClN2O. The lowest BCUT2D eigenvalue weighted by molar-refractivity contribution is 0.383. The Morgan fingerprint density at radius 1 is 1.13 bits per heavy atom. The number of rotatable bonds is 3. The number of hydrogen-bond donors (Lipinski definition) is 1. The summed E-state index contributed by atoms with van der Waals surface area (Å²) in [5.74, 6) is 2.17. The third-order valence-corrected chi connectivity index (χ3v) is 5.45. The molecule has 2 unspecified atom stereocenters. The van der Waals surface area contributed by atoms with Gasteiger partial charge in [0.2, 0.25) is 0 Å². The van der Waals surface area contributed by atoms with Crippen LogP contribution in [0.2, 0.25) is 5.02 Å². The van der Waals surface area contributed by atoms with Crippen LogP contribution in [0.5, 0.6) is 11.5 Å². The van der Waals surface area contributed by atoms with E-state index in [1.54, 1.807) is 6.20 Å². The molecule has 1 aromatic heterocycles. The molecule has 1 aliphatic heterocycles. The normalized spacial score (nSPS) is 26.7. The predicted octanol–water partition coefficient (Wildman–Crippen LogP) is 4.92. The van der Waals surface area contributed by atoms with E-state index in [4.69, 9.17) is 16.3 Å². The molecule has 4 rings (SSSR count). The summed E-state index contributed by atoms with van der Waals surface area (Å²) in [5, 5.41) is 4.44. The molecule has 120 valence electrons. The molecule has 0 radical (unpaired) electrons. The van der Waals surface area contributed by atoms with Crippen LogP contribution < -0.4 is 10.1 Å². The second-order valence-corrected chi connectivity index (χ2v) is 7.20.